The van der Waals surface area contributed by atoms with Crippen LogP contribution in [0.2, 0.25) is 0 Å². The van der Waals surface area contributed by atoms with Gasteiger partial charge in [-0.25, -0.2) is 13.2 Å². The summed E-state index contributed by atoms with van der Waals surface area (Å²) in [4.78, 5) is 14.2. The van der Waals surface area contributed by atoms with Crippen LogP contribution in [0.4, 0.5) is 0 Å². The highest BCUT2D eigenvalue weighted by Crippen LogP contribution is 2.24. The van der Waals surface area contributed by atoms with E-state index >= 15 is 0 Å². The Balaban J connectivity index is 1.69. The Morgan fingerprint density at radius 3 is 2.67 bits per heavy atom. The Hall–Kier alpha value is -1.74. The highest BCUT2D eigenvalue weighted by Gasteiger charge is 2.26. The number of carbonyl (C=O) groups is 1. The second kappa shape index (κ2) is 8.52. The standard InChI is InChI=1S/C19H23NO5S2/c1-3-17-14(2)11-18(26-17)19(21)25-13-15-5-4-6-16(12-15)27(22,23)20-7-9-24-10-8-20/h4-6,11-12H,3,7-10,13H2,1-2H3. The Morgan fingerprint density at radius 2 is 2.00 bits per heavy atom. The number of hydrogen-bond acceptors (Lipinski definition) is 6. The Bertz CT molecular complexity index is 914. The van der Waals surface area contributed by atoms with Crippen LogP contribution in [0.5, 0.6) is 0 Å². The fraction of sp³-hybridized carbons (Fsp3) is 0.421. The molecule has 0 saturated carbocycles. The maximum atomic E-state index is 12.7. The molecular formula is C19H23NO5S2. The summed E-state index contributed by atoms with van der Waals surface area (Å²) in [5, 5.41) is 0. The minimum absolute atomic E-state index is 0.0315. The molecule has 0 atom stereocenters. The molecule has 1 saturated heterocycles. The lowest BCUT2D eigenvalue weighted by Crippen LogP contribution is -2.40. The molecular weight excluding hydrogens is 386 g/mol. The quantitative estimate of drug-likeness (QED) is 0.686. The summed E-state index contributed by atoms with van der Waals surface area (Å²) in [6, 6.07) is 8.39. The fourth-order valence-corrected chi connectivity index (χ4v) is 5.41. The third kappa shape index (κ3) is 4.57. The molecule has 0 bridgehead atoms. The first kappa shape index (κ1) is 20.0. The molecule has 0 radical (unpaired) electrons. The highest BCUT2D eigenvalue weighted by molar-refractivity contribution is 7.89. The van der Waals surface area contributed by atoms with Crippen molar-refractivity contribution >= 4 is 27.3 Å². The van der Waals surface area contributed by atoms with Gasteiger partial charge in [-0.05, 0) is 42.7 Å². The van der Waals surface area contributed by atoms with Gasteiger partial charge in [-0.3, -0.25) is 0 Å². The highest BCUT2D eigenvalue weighted by atomic mass is 32.2. The number of thiophene rings is 1. The number of ether oxygens (including phenoxy) is 2. The van der Waals surface area contributed by atoms with E-state index in [0.717, 1.165) is 12.0 Å². The molecule has 0 spiro atoms. The van der Waals surface area contributed by atoms with Crippen molar-refractivity contribution in [2.75, 3.05) is 26.3 Å². The molecule has 146 valence electrons. The third-order valence-corrected chi connectivity index (χ3v) is 7.68. The SMILES string of the molecule is CCc1sc(C(=O)OCc2cccc(S(=O)(=O)N3CCOCC3)c2)cc1C. The molecule has 0 aliphatic carbocycles. The lowest BCUT2D eigenvalue weighted by molar-refractivity contribution is 0.0478. The van der Waals surface area contributed by atoms with E-state index in [1.54, 1.807) is 24.3 Å². The van der Waals surface area contributed by atoms with E-state index in [2.05, 4.69) is 0 Å². The molecule has 1 aliphatic rings. The largest absolute Gasteiger partial charge is 0.457 e. The molecule has 0 unspecified atom stereocenters. The molecule has 3 rings (SSSR count). The summed E-state index contributed by atoms with van der Waals surface area (Å²) in [6.45, 7) is 5.55. The Morgan fingerprint density at radius 1 is 1.26 bits per heavy atom. The molecule has 1 aromatic carbocycles. The van der Waals surface area contributed by atoms with Gasteiger partial charge < -0.3 is 9.47 Å². The maximum absolute atomic E-state index is 12.7. The molecule has 8 heteroatoms. The smallest absolute Gasteiger partial charge is 0.348 e. The van der Waals surface area contributed by atoms with Crippen LogP contribution in [0, 0.1) is 6.92 Å². The average molecular weight is 410 g/mol. The molecule has 0 N–H and O–H groups in total. The first-order valence-corrected chi connectivity index (χ1v) is 11.1. The molecule has 2 aromatic rings. The summed E-state index contributed by atoms with van der Waals surface area (Å²) in [7, 11) is -3.57. The minimum Gasteiger partial charge on any atom is -0.457 e. The summed E-state index contributed by atoms with van der Waals surface area (Å²) >= 11 is 1.44. The number of morpholine rings is 1. The number of nitrogens with zero attached hydrogens (tertiary/aromatic N) is 1. The van der Waals surface area contributed by atoms with Gasteiger partial charge in [0.2, 0.25) is 10.0 Å². The number of aryl methyl sites for hydroxylation is 2. The molecule has 1 aliphatic heterocycles. The van der Waals surface area contributed by atoms with Crippen molar-refractivity contribution < 1.29 is 22.7 Å². The van der Waals surface area contributed by atoms with Crippen LogP contribution < -0.4 is 0 Å². The van der Waals surface area contributed by atoms with Crippen molar-refractivity contribution in [1.82, 2.24) is 4.31 Å². The van der Waals surface area contributed by atoms with E-state index in [4.69, 9.17) is 9.47 Å². The second-order valence-corrected chi connectivity index (χ2v) is 9.39. The van der Waals surface area contributed by atoms with Crippen molar-refractivity contribution in [3.63, 3.8) is 0 Å². The molecule has 6 nitrogen and oxygen atoms in total. The first-order valence-electron chi connectivity index (χ1n) is 8.85. The lowest BCUT2D eigenvalue weighted by atomic mass is 10.2. The van der Waals surface area contributed by atoms with Gasteiger partial charge in [0.15, 0.2) is 0 Å². The summed E-state index contributed by atoms with van der Waals surface area (Å²) in [6.07, 6.45) is 0.880. The lowest BCUT2D eigenvalue weighted by Gasteiger charge is -2.26. The van der Waals surface area contributed by atoms with E-state index < -0.39 is 10.0 Å². The predicted molar refractivity (Wildman–Crippen MR) is 104 cm³/mol. The topological polar surface area (TPSA) is 72.9 Å². The molecule has 2 heterocycles. The van der Waals surface area contributed by atoms with E-state index in [0.29, 0.717) is 36.7 Å². The van der Waals surface area contributed by atoms with Crippen LogP contribution in [-0.2, 0) is 32.5 Å². The number of carbonyl (C=O) groups excluding carboxylic acids is 1. The van der Waals surface area contributed by atoms with Gasteiger partial charge in [0, 0.05) is 18.0 Å². The molecule has 0 amide bonds. The zero-order valence-electron chi connectivity index (χ0n) is 15.4. The monoisotopic (exact) mass is 409 g/mol. The second-order valence-electron chi connectivity index (χ2n) is 6.31. The number of sulfonamides is 1. The van der Waals surface area contributed by atoms with E-state index in [-0.39, 0.29) is 17.5 Å². The van der Waals surface area contributed by atoms with Gasteiger partial charge in [0.1, 0.15) is 11.5 Å². The predicted octanol–water partition coefficient (Wildman–Crippen LogP) is 3.00. The van der Waals surface area contributed by atoms with Crippen LogP contribution in [0.15, 0.2) is 35.2 Å². The van der Waals surface area contributed by atoms with Crippen molar-refractivity contribution in [2.24, 2.45) is 0 Å². The van der Waals surface area contributed by atoms with Crippen molar-refractivity contribution in [2.45, 2.75) is 31.8 Å². The van der Waals surface area contributed by atoms with Crippen LogP contribution in [0.3, 0.4) is 0 Å². The third-order valence-electron chi connectivity index (χ3n) is 4.42. The number of esters is 1. The van der Waals surface area contributed by atoms with E-state index in [1.807, 2.05) is 19.9 Å². The minimum atomic E-state index is -3.57. The summed E-state index contributed by atoms with van der Waals surface area (Å²) < 4.78 is 37.5. The maximum Gasteiger partial charge on any atom is 0.348 e. The van der Waals surface area contributed by atoms with E-state index in [1.165, 1.54) is 20.5 Å². The number of hydrogen-bond donors (Lipinski definition) is 0. The van der Waals surface area contributed by atoms with Crippen molar-refractivity contribution in [3.8, 4) is 0 Å². The zero-order chi connectivity index (χ0) is 19.4. The molecule has 1 aromatic heterocycles. The van der Waals surface area contributed by atoms with Crippen LogP contribution in [0.25, 0.3) is 0 Å². The van der Waals surface area contributed by atoms with Gasteiger partial charge in [-0.1, -0.05) is 19.1 Å². The number of rotatable bonds is 6. The van der Waals surface area contributed by atoms with Gasteiger partial charge in [-0.15, -0.1) is 11.3 Å². The van der Waals surface area contributed by atoms with Gasteiger partial charge in [0.25, 0.3) is 0 Å². The van der Waals surface area contributed by atoms with Gasteiger partial charge >= 0.3 is 5.97 Å². The van der Waals surface area contributed by atoms with Crippen molar-refractivity contribution in [1.29, 1.82) is 0 Å². The van der Waals surface area contributed by atoms with Gasteiger partial charge in [0.05, 0.1) is 18.1 Å². The molecule has 27 heavy (non-hydrogen) atoms. The van der Waals surface area contributed by atoms with Crippen LogP contribution >= 0.6 is 11.3 Å². The molecule has 1 fully saturated rings. The Labute approximate surface area is 163 Å². The average Bonchev–Trinajstić information content (AvgIpc) is 3.08. The first-order chi connectivity index (χ1) is 12.9. The number of benzene rings is 1. The van der Waals surface area contributed by atoms with Gasteiger partial charge in [-0.2, -0.15) is 4.31 Å². The Kier molecular flexibility index (Phi) is 6.31. The van der Waals surface area contributed by atoms with E-state index in [9.17, 15) is 13.2 Å². The summed E-state index contributed by atoms with van der Waals surface area (Å²) in [5.41, 5.74) is 1.73. The fourth-order valence-electron chi connectivity index (χ4n) is 2.92. The zero-order valence-corrected chi connectivity index (χ0v) is 17.1. The normalized spacial score (nSPS) is 15.6. The van der Waals surface area contributed by atoms with Crippen molar-refractivity contribution in [3.05, 3.63) is 51.2 Å². The van der Waals surface area contributed by atoms with Crippen LogP contribution in [0.1, 0.15) is 32.6 Å². The van der Waals surface area contributed by atoms with Crippen LogP contribution in [-0.4, -0.2) is 45.0 Å². The summed E-state index contributed by atoms with van der Waals surface area (Å²) in [5.74, 6) is -0.385.